The maximum absolute atomic E-state index is 11.8. The van der Waals surface area contributed by atoms with Gasteiger partial charge in [-0.15, -0.1) is 11.8 Å². The number of pyridine rings is 1. The maximum atomic E-state index is 11.8. The zero-order valence-electron chi connectivity index (χ0n) is 13.1. The summed E-state index contributed by atoms with van der Waals surface area (Å²) in [5.41, 5.74) is 1.67. The summed E-state index contributed by atoms with van der Waals surface area (Å²) in [6.07, 6.45) is -1.30. The quantitative estimate of drug-likeness (QED) is 0.488. The topological polar surface area (TPSA) is 51.6 Å². The highest BCUT2D eigenvalue weighted by molar-refractivity contribution is 7.99. The summed E-state index contributed by atoms with van der Waals surface area (Å²) in [5, 5.41) is 9.15. The summed E-state index contributed by atoms with van der Waals surface area (Å²) in [6, 6.07) is 1.91. The average Bonchev–Trinajstić information content (AvgIpc) is 2.49. The molecule has 0 aliphatic carbocycles. The molecule has 0 unspecified atom stereocenters. The molecule has 0 spiro atoms. The molecule has 0 radical (unpaired) electrons. The summed E-state index contributed by atoms with van der Waals surface area (Å²) in [7, 11) is 0. The van der Waals surface area contributed by atoms with Gasteiger partial charge in [0, 0.05) is 36.7 Å². The predicted octanol–water partition coefficient (Wildman–Crippen LogP) is 3.35. The van der Waals surface area contributed by atoms with E-state index in [-0.39, 0.29) is 13.2 Å². The monoisotopic (exact) mass is 353 g/mol. The van der Waals surface area contributed by atoms with Gasteiger partial charge in [0.15, 0.2) is 0 Å². The Kier molecular flexibility index (Phi) is 9.54. The molecule has 0 fully saturated rings. The van der Waals surface area contributed by atoms with Crippen LogP contribution in [0.2, 0.25) is 0 Å². The fraction of sp³-hybridized carbons (Fsp3) is 0.667. The molecule has 0 aliphatic rings. The van der Waals surface area contributed by atoms with Gasteiger partial charge in [0.1, 0.15) is 6.61 Å². The van der Waals surface area contributed by atoms with Crippen LogP contribution in [0, 0.1) is 6.92 Å². The van der Waals surface area contributed by atoms with E-state index in [4.69, 9.17) is 9.84 Å². The van der Waals surface area contributed by atoms with Gasteiger partial charge in [-0.1, -0.05) is 0 Å². The van der Waals surface area contributed by atoms with Crippen LogP contribution >= 0.6 is 11.8 Å². The summed E-state index contributed by atoms with van der Waals surface area (Å²) in [4.78, 5) is 5.18. The van der Waals surface area contributed by atoms with Crippen molar-refractivity contribution < 1.29 is 27.8 Å². The Labute approximate surface area is 138 Å². The molecule has 0 saturated carbocycles. The Balaban J connectivity index is 2.02. The second kappa shape index (κ2) is 10.9. The highest BCUT2D eigenvalue weighted by atomic mass is 32.2. The molecule has 1 aromatic rings. The normalized spacial score (nSPS) is 11.9. The first-order chi connectivity index (χ1) is 10.9. The highest BCUT2D eigenvalue weighted by Crippen LogP contribution is 2.24. The van der Waals surface area contributed by atoms with E-state index in [9.17, 15) is 13.2 Å². The van der Waals surface area contributed by atoms with Crippen LogP contribution < -0.4 is 0 Å². The molecule has 0 aromatic carbocycles. The van der Waals surface area contributed by atoms with E-state index in [1.807, 2.05) is 13.0 Å². The Morgan fingerprint density at radius 2 is 1.87 bits per heavy atom. The molecule has 4 nitrogen and oxygen atoms in total. The van der Waals surface area contributed by atoms with Crippen LogP contribution in [0.15, 0.2) is 17.2 Å². The molecule has 1 rings (SSSR count). The van der Waals surface area contributed by atoms with Crippen LogP contribution in [-0.4, -0.2) is 48.4 Å². The van der Waals surface area contributed by atoms with E-state index < -0.39 is 12.8 Å². The largest absolute Gasteiger partial charge is 0.411 e. The Morgan fingerprint density at radius 1 is 1.17 bits per heavy atom. The second-order valence-corrected chi connectivity index (χ2v) is 6.01. The summed E-state index contributed by atoms with van der Waals surface area (Å²) >= 11 is 1.67. The maximum Gasteiger partial charge on any atom is 0.411 e. The number of rotatable bonds is 11. The fourth-order valence-electron chi connectivity index (χ4n) is 1.77. The molecule has 23 heavy (non-hydrogen) atoms. The first-order valence-corrected chi connectivity index (χ1v) is 8.33. The zero-order valence-corrected chi connectivity index (χ0v) is 13.9. The van der Waals surface area contributed by atoms with E-state index in [2.05, 4.69) is 9.72 Å². The molecule has 8 heteroatoms. The minimum Gasteiger partial charge on any atom is -0.390 e. The molecule has 132 valence electrons. The molecule has 1 aromatic heterocycles. The van der Waals surface area contributed by atoms with Gasteiger partial charge in [0.05, 0.1) is 12.3 Å². The lowest BCUT2D eigenvalue weighted by Gasteiger charge is -2.09. The number of halogens is 3. The van der Waals surface area contributed by atoms with Crippen molar-refractivity contribution in [2.75, 3.05) is 32.2 Å². The van der Waals surface area contributed by atoms with Crippen molar-refractivity contribution in [1.82, 2.24) is 4.98 Å². The molecule has 0 atom stereocenters. The molecule has 1 heterocycles. The molecule has 0 aliphatic heterocycles. The minimum atomic E-state index is -4.26. The predicted molar refractivity (Wildman–Crippen MR) is 82.5 cm³/mol. The van der Waals surface area contributed by atoms with Gasteiger partial charge in [0.25, 0.3) is 0 Å². The van der Waals surface area contributed by atoms with Crippen LogP contribution in [0.5, 0.6) is 0 Å². The van der Waals surface area contributed by atoms with E-state index in [1.165, 1.54) is 0 Å². The van der Waals surface area contributed by atoms with Crippen LogP contribution in [0.1, 0.15) is 24.1 Å². The number of alkyl halides is 3. The average molecular weight is 353 g/mol. The third-order valence-corrected chi connectivity index (χ3v) is 4.19. The van der Waals surface area contributed by atoms with Crippen molar-refractivity contribution in [2.24, 2.45) is 0 Å². The van der Waals surface area contributed by atoms with Gasteiger partial charge in [-0.25, -0.2) is 0 Å². The van der Waals surface area contributed by atoms with Crippen molar-refractivity contribution in [3.8, 4) is 0 Å². The number of aromatic nitrogens is 1. The Hall–Kier alpha value is -0.830. The van der Waals surface area contributed by atoms with Crippen LogP contribution in [0.3, 0.4) is 0 Å². The van der Waals surface area contributed by atoms with Crippen LogP contribution in [0.25, 0.3) is 0 Å². The summed E-state index contributed by atoms with van der Waals surface area (Å²) < 4.78 is 45.3. The van der Waals surface area contributed by atoms with Crippen molar-refractivity contribution in [3.05, 3.63) is 23.5 Å². The van der Waals surface area contributed by atoms with Gasteiger partial charge < -0.3 is 14.6 Å². The van der Waals surface area contributed by atoms with E-state index in [0.717, 1.165) is 22.6 Å². The number of thioether (sulfide) groups is 1. The number of hydrogen-bond donors (Lipinski definition) is 1. The summed E-state index contributed by atoms with van der Waals surface area (Å²) in [6.45, 7) is 1.66. The standard InChI is InChI=1S/C15H22F3NO3S/c1-12-13(10-20)19-5-4-14(12)23-9-3-8-21-6-2-7-22-11-15(16,17)18/h4-5,20H,2-3,6-11H2,1H3. The minimum absolute atomic E-state index is 0.0500. The van der Waals surface area contributed by atoms with Gasteiger partial charge in [-0.3, -0.25) is 4.98 Å². The lowest BCUT2D eigenvalue weighted by Crippen LogP contribution is -2.17. The fourth-order valence-corrected chi connectivity index (χ4v) is 2.74. The van der Waals surface area contributed by atoms with Gasteiger partial charge >= 0.3 is 6.18 Å². The van der Waals surface area contributed by atoms with Crippen molar-refractivity contribution in [3.63, 3.8) is 0 Å². The summed E-state index contributed by atoms with van der Waals surface area (Å²) in [5.74, 6) is 0.861. The lowest BCUT2D eigenvalue weighted by atomic mass is 10.2. The zero-order chi connectivity index (χ0) is 17.1. The SMILES string of the molecule is Cc1c(SCCCOCCCOCC(F)(F)F)ccnc1CO. The number of nitrogens with zero attached hydrogens (tertiary/aromatic N) is 1. The van der Waals surface area contributed by atoms with Crippen molar-refractivity contribution >= 4 is 11.8 Å². The third-order valence-electron chi connectivity index (χ3n) is 2.94. The first kappa shape index (κ1) is 20.2. The van der Waals surface area contributed by atoms with Crippen LogP contribution in [-0.2, 0) is 16.1 Å². The van der Waals surface area contributed by atoms with Crippen molar-refractivity contribution in [1.29, 1.82) is 0 Å². The van der Waals surface area contributed by atoms with E-state index in [0.29, 0.717) is 25.3 Å². The molecule has 0 bridgehead atoms. The van der Waals surface area contributed by atoms with Crippen molar-refractivity contribution in [2.45, 2.75) is 37.4 Å². The molecule has 0 amide bonds. The smallest absolute Gasteiger partial charge is 0.390 e. The number of aliphatic hydroxyl groups is 1. The number of ether oxygens (including phenoxy) is 2. The number of aliphatic hydroxyl groups excluding tert-OH is 1. The van der Waals surface area contributed by atoms with Crippen LogP contribution in [0.4, 0.5) is 13.2 Å². The lowest BCUT2D eigenvalue weighted by molar-refractivity contribution is -0.174. The Bertz CT molecular complexity index is 458. The van der Waals surface area contributed by atoms with Gasteiger partial charge in [-0.2, -0.15) is 13.2 Å². The Morgan fingerprint density at radius 3 is 2.57 bits per heavy atom. The highest BCUT2D eigenvalue weighted by Gasteiger charge is 2.27. The number of hydrogen-bond acceptors (Lipinski definition) is 5. The van der Waals surface area contributed by atoms with Gasteiger partial charge in [-0.05, 0) is 31.4 Å². The second-order valence-electron chi connectivity index (χ2n) is 4.87. The molecular formula is C15H22F3NO3S. The molecule has 1 N–H and O–H groups in total. The third kappa shape index (κ3) is 9.14. The van der Waals surface area contributed by atoms with E-state index >= 15 is 0 Å². The molecule has 0 saturated heterocycles. The van der Waals surface area contributed by atoms with Gasteiger partial charge in [0.2, 0.25) is 0 Å². The molecular weight excluding hydrogens is 331 g/mol. The van der Waals surface area contributed by atoms with E-state index in [1.54, 1.807) is 18.0 Å². The first-order valence-electron chi connectivity index (χ1n) is 7.34.